The van der Waals surface area contributed by atoms with Gasteiger partial charge in [-0.3, -0.25) is 0 Å². The van der Waals surface area contributed by atoms with E-state index in [0.29, 0.717) is 0 Å². The molecule has 0 saturated carbocycles. The zero-order valence-electron chi connectivity index (χ0n) is 9.38. The number of esters is 1. The van der Waals surface area contributed by atoms with Gasteiger partial charge in [-0.05, 0) is 13.0 Å². The molecule has 2 N–H and O–H groups in total. The molecule has 0 unspecified atom stereocenters. The number of rotatable bonds is 5. The molecule has 0 radical (unpaired) electrons. The van der Waals surface area contributed by atoms with E-state index in [2.05, 4.69) is 17.9 Å². The maximum Gasteiger partial charge on any atom is 0.337 e. The van der Waals surface area contributed by atoms with Crippen LogP contribution in [0.1, 0.15) is 6.92 Å². The van der Waals surface area contributed by atoms with E-state index in [1.54, 1.807) is 6.92 Å². The van der Waals surface area contributed by atoms with Crippen molar-refractivity contribution in [1.29, 1.82) is 0 Å². The van der Waals surface area contributed by atoms with E-state index < -0.39 is 17.9 Å². The Bertz CT molecular complexity index is 340. The molecule has 0 aromatic heterocycles. The maximum absolute atomic E-state index is 10.8. The number of carbonyl (C=O) groups excluding carboxylic acids is 1. The van der Waals surface area contributed by atoms with Crippen LogP contribution in [-0.2, 0) is 19.1 Å². The Hall–Kier alpha value is -2.37. The molecule has 0 saturated heterocycles. The van der Waals surface area contributed by atoms with Crippen molar-refractivity contribution in [2.45, 2.75) is 6.92 Å². The van der Waals surface area contributed by atoms with Gasteiger partial charge in [0.05, 0.1) is 12.2 Å². The number of carboxylic acid groups (broad SMARTS) is 2. The molecule has 0 rings (SSSR count). The summed E-state index contributed by atoms with van der Waals surface area (Å²) >= 11 is 0. The first-order chi connectivity index (χ1) is 7.84. The van der Waals surface area contributed by atoms with Crippen LogP contribution in [0.2, 0.25) is 0 Å². The fraction of sp³-hybridized carbons (Fsp3) is 0.182. The summed E-state index contributed by atoms with van der Waals surface area (Å²) < 4.78 is 4.55. The van der Waals surface area contributed by atoms with Gasteiger partial charge in [-0.25, -0.2) is 14.4 Å². The molecule has 6 heteroatoms. The summed E-state index contributed by atoms with van der Waals surface area (Å²) in [7, 11) is 0. The van der Waals surface area contributed by atoms with Gasteiger partial charge < -0.3 is 14.9 Å². The number of hydrogen-bond acceptors (Lipinski definition) is 4. The Morgan fingerprint density at radius 3 is 1.94 bits per heavy atom. The van der Waals surface area contributed by atoms with E-state index in [1.807, 2.05) is 0 Å². The average Bonchev–Trinajstić information content (AvgIpc) is 2.26. The summed E-state index contributed by atoms with van der Waals surface area (Å²) in [5.41, 5.74) is 0.0271. The number of carboxylic acids is 2. The van der Waals surface area contributed by atoms with Crippen molar-refractivity contribution in [3.05, 3.63) is 37.0 Å². The molecule has 0 aliphatic rings. The second-order valence-electron chi connectivity index (χ2n) is 2.46. The predicted octanol–water partition coefficient (Wildman–Crippen LogP) is 1.00. The largest absolute Gasteiger partial charge is 0.478 e. The van der Waals surface area contributed by atoms with Gasteiger partial charge in [-0.1, -0.05) is 13.2 Å². The standard InChI is InChI=1S/C8H10O4.C3H4O2/c1-3-12-8(11)6(2)4-5-7(9)10;1-2-3(4)5/h4-5H,2-3H2,1H3,(H,9,10);2H,1H2,(H,4,5). The van der Waals surface area contributed by atoms with Crippen LogP contribution in [0, 0.1) is 0 Å². The van der Waals surface area contributed by atoms with Gasteiger partial charge in [0.25, 0.3) is 0 Å². The second kappa shape index (κ2) is 10.2. The average molecular weight is 242 g/mol. The lowest BCUT2D eigenvalue weighted by atomic mass is 10.3. The minimum absolute atomic E-state index is 0.0271. The molecule has 0 atom stereocenters. The van der Waals surface area contributed by atoms with Crippen molar-refractivity contribution in [3.63, 3.8) is 0 Å². The summed E-state index contributed by atoms with van der Waals surface area (Å²) in [6.07, 6.45) is 2.76. The first-order valence-electron chi connectivity index (χ1n) is 4.47. The molecule has 0 amide bonds. The Kier molecular flexibility index (Phi) is 10.2. The van der Waals surface area contributed by atoms with Gasteiger partial charge in [0, 0.05) is 12.2 Å². The minimum atomic E-state index is -1.12. The van der Waals surface area contributed by atoms with Crippen LogP contribution >= 0.6 is 0 Å². The Balaban J connectivity index is 0. The normalized spacial score (nSPS) is 8.76. The number of ether oxygens (including phenoxy) is 1. The Labute approximate surface area is 98.5 Å². The topological polar surface area (TPSA) is 101 Å². The molecule has 94 valence electrons. The van der Waals surface area contributed by atoms with Crippen molar-refractivity contribution in [3.8, 4) is 0 Å². The molecule has 0 aliphatic carbocycles. The Morgan fingerprint density at radius 2 is 1.65 bits per heavy atom. The lowest BCUT2D eigenvalue weighted by molar-refractivity contribution is -0.138. The van der Waals surface area contributed by atoms with Crippen LogP contribution in [0.4, 0.5) is 0 Å². The highest BCUT2D eigenvalue weighted by molar-refractivity contribution is 5.93. The highest BCUT2D eigenvalue weighted by atomic mass is 16.5. The first kappa shape index (κ1) is 17.0. The molecule has 0 bridgehead atoms. The summed E-state index contributed by atoms with van der Waals surface area (Å²) in [5.74, 6) is -2.71. The first-order valence-corrected chi connectivity index (χ1v) is 4.47. The van der Waals surface area contributed by atoms with Gasteiger partial charge in [-0.2, -0.15) is 0 Å². The molecule has 0 heterocycles. The third kappa shape index (κ3) is 13.6. The van der Waals surface area contributed by atoms with Gasteiger partial charge in [0.2, 0.25) is 0 Å². The van der Waals surface area contributed by atoms with Crippen LogP contribution in [0.3, 0.4) is 0 Å². The fourth-order valence-electron chi connectivity index (χ4n) is 0.464. The van der Waals surface area contributed by atoms with Crippen LogP contribution in [0.5, 0.6) is 0 Å². The molecule has 0 aliphatic heterocycles. The molecule has 0 aromatic rings. The zero-order chi connectivity index (χ0) is 13.8. The molecular weight excluding hydrogens is 228 g/mol. The quantitative estimate of drug-likeness (QED) is 0.423. The highest BCUT2D eigenvalue weighted by Crippen LogP contribution is 1.96. The molecule has 0 aromatic carbocycles. The van der Waals surface area contributed by atoms with E-state index in [9.17, 15) is 14.4 Å². The van der Waals surface area contributed by atoms with E-state index >= 15 is 0 Å². The van der Waals surface area contributed by atoms with Crippen LogP contribution < -0.4 is 0 Å². The lowest BCUT2D eigenvalue weighted by Gasteiger charge is -1.98. The van der Waals surface area contributed by atoms with Gasteiger partial charge in [0.1, 0.15) is 0 Å². The fourth-order valence-corrected chi connectivity index (χ4v) is 0.464. The van der Waals surface area contributed by atoms with Crippen molar-refractivity contribution in [2.24, 2.45) is 0 Å². The summed E-state index contributed by atoms with van der Waals surface area (Å²) in [5, 5.41) is 15.8. The monoisotopic (exact) mass is 242 g/mol. The third-order valence-corrected chi connectivity index (χ3v) is 1.14. The van der Waals surface area contributed by atoms with Crippen molar-refractivity contribution < 1.29 is 29.3 Å². The van der Waals surface area contributed by atoms with Gasteiger partial charge >= 0.3 is 17.9 Å². The van der Waals surface area contributed by atoms with E-state index in [1.165, 1.54) is 0 Å². The third-order valence-electron chi connectivity index (χ3n) is 1.14. The van der Waals surface area contributed by atoms with Gasteiger partial charge in [-0.15, -0.1) is 0 Å². The van der Waals surface area contributed by atoms with E-state index in [0.717, 1.165) is 18.2 Å². The van der Waals surface area contributed by atoms with Crippen molar-refractivity contribution in [1.82, 2.24) is 0 Å². The van der Waals surface area contributed by atoms with Crippen LogP contribution in [0.15, 0.2) is 37.0 Å². The maximum atomic E-state index is 10.8. The smallest absolute Gasteiger partial charge is 0.337 e. The molecule has 0 spiro atoms. The SMILES string of the molecule is C=C(C=CC(=O)O)C(=O)OCC.C=CC(=O)O. The predicted molar refractivity (Wildman–Crippen MR) is 60.4 cm³/mol. The molecule has 6 nitrogen and oxygen atoms in total. The van der Waals surface area contributed by atoms with Crippen LogP contribution in [0.25, 0.3) is 0 Å². The molecular formula is C11H14O6. The highest BCUT2D eigenvalue weighted by Gasteiger charge is 2.03. The van der Waals surface area contributed by atoms with Gasteiger partial charge in [0.15, 0.2) is 0 Å². The lowest BCUT2D eigenvalue weighted by Crippen LogP contribution is -2.05. The van der Waals surface area contributed by atoms with E-state index in [-0.39, 0.29) is 12.2 Å². The minimum Gasteiger partial charge on any atom is -0.478 e. The van der Waals surface area contributed by atoms with E-state index in [4.69, 9.17) is 10.2 Å². The van der Waals surface area contributed by atoms with Crippen LogP contribution in [-0.4, -0.2) is 34.7 Å². The number of hydrogen-bond donors (Lipinski definition) is 2. The summed E-state index contributed by atoms with van der Waals surface area (Å²) in [6, 6.07) is 0. The second-order valence-corrected chi connectivity index (χ2v) is 2.46. The summed E-state index contributed by atoms with van der Waals surface area (Å²) in [6.45, 7) is 8.19. The number of carbonyl (C=O) groups is 3. The zero-order valence-corrected chi connectivity index (χ0v) is 9.38. The molecule has 17 heavy (non-hydrogen) atoms. The van der Waals surface area contributed by atoms with Crippen molar-refractivity contribution in [2.75, 3.05) is 6.61 Å². The summed E-state index contributed by atoms with van der Waals surface area (Å²) in [4.78, 5) is 30.0. The molecule has 0 fully saturated rings. The number of aliphatic carboxylic acids is 2. The van der Waals surface area contributed by atoms with Crippen molar-refractivity contribution >= 4 is 17.9 Å². The Morgan fingerprint density at radius 1 is 1.18 bits per heavy atom.